The van der Waals surface area contributed by atoms with Crippen molar-refractivity contribution in [2.45, 2.75) is 4.90 Å². The van der Waals surface area contributed by atoms with Gasteiger partial charge in [-0.25, -0.2) is 8.42 Å². The summed E-state index contributed by atoms with van der Waals surface area (Å²) in [6.45, 7) is 0. The Hall–Kier alpha value is -0.540. The molecule has 0 aliphatic rings. The van der Waals surface area contributed by atoms with Crippen LogP contribution in [0.25, 0.3) is 0 Å². The Balaban J connectivity index is 2.99. The first-order valence-corrected chi connectivity index (χ1v) is 5.69. The van der Waals surface area contributed by atoms with Crippen molar-refractivity contribution in [1.82, 2.24) is 0 Å². The van der Waals surface area contributed by atoms with E-state index in [1.807, 2.05) is 0 Å². The van der Waals surface area contributed by atoms with Crippen LogP contribution in [0.1, 0.15) is 0 Å². The molecule has 2 nitrogen and oxygen atoms in total. The van der Waals surface area contributed by atoms with E-state index in [9.17, 15) is 8.42 Å². The van der Waals surface area contributed by atoms with Crippen LogP contribution in [0.4, 0.5) is 0 Å². The monoisotopic (exact) mass is 204 g/mol. The quantitative estimate of drug-likeness (QED) is 0.703. The number of hydrogen-bond donors (Lipinski definition) is 0. The van der Waals surface area contributed by atoms with Crippen LogP contribution in [0, 0.1) is 0 Å². The summed E-state index contributed by atoms with van der Waals surface area (Å²) in [5, 5.41) is 0. The molecular formula is C8H9ClO2S. The standard InChI is InChI=1S/C8H9ClO2S/c9-6-7-12(10,11)8-4-2-1-3-5-8/h1-5H,6-7H2. The summed E-state index contributed by atoms with van der Waals surface area (Å²) in [6.07, 6.45) is 0. The number of halogens is 1. The number of hydrogen-bond acceptors (Lipinski definition) is 2. The van der Waals surface area contributed by atoms with Gasteiger partial charge >= 0.3 is 0 Å². The van der Waals surface area contributed by atoms with Crippen molar-refractivity contribution < 1.29 is 8.42 Å². The minimum Gasteiger partial charge on any atom is -0.224 e. The Kier molecular flexibility index (Phi) is 3.12. The zero-order chi connectivity index (χ0) is 9.03. The van der Waals surface area contributed by atoms with E-state index in [0.29, 0.717) is 4.90 Å². The van der Waals surface area contributed by atoms with Gasteiger partial charge in [0.2, 0.25) is 0 Å². The Labute approximate surface area is 77.1 Å². The van der Waals surface area contributed by atoms with Crippen molar-refractivity contribution in [3.8, 4) is 0 Å². The molecule has 66 valence electrons. The minimum atomic E-state index is -3.14. The minimum absolute atomic E-state index is 0.00142. The fourth-order valence-corrected chi connectivity index (χ4v) is 2.47. The molecule has 0 aliphatic carbocycles. The molecule has 1 rings (SSSR count). The second kappa shape index (κ2) is 3.92. The van der Waals surface area contributed by atoms with Crippen LogP contribution >= 0.6 is 11.6 Å². The van der Waals surface area contributed by atoms with E-state index < -0.39 is 9.84 Å². The Bertz CT molecular complexity index is 331. The van der Waals surface area contributed by atoms with Gasteiger partial charge in [-0.2, -0.15) is 0 Å². The molecule has 0 N–H and O–H groups in total. The van der Waals surface area contributed by atoms with E-state index in [4.69, 9.17) is 11.6 Å². The van der Waals surface area contributed by atoms with Crippen LogP contribution in [0.3, 0.4) is 0 Å². The highest BCUT2D eigenvalue weighted by molar-refractivity contribution is 7.91. The third kappa shape index (κ3) is 2.22. The Morgan fingerprint density at radius 3 is 2.25 bits per heavy atom. The maximum absolute atomic E-state index is 11.3. The molecule has 0 heterocycles. The van der Waals surface area contributed by atoms with Crippen molar-refractivity contribution in [3.63, 3.8) is 0 Å². The molecular weight excluding hydrogens is 196 g/mol. The van der Waals surface area contributed by atoms with E-state index >= 15 is 0 Å². The molecule has 0 spiro atoms. The third-order valence-electron chi connectivity index (χ3n) is 1.45. The third-order valence-corrected chi connectivity index (χ3v) is 3.59. The largest absolute Gasteiger partial charge is 0.224 e. The van der Waals surface area contributed by atoms with Crippen LogP contribution < -0.4 is 0 Å². The summed E-state index contributed by atoms with van der Waals surface area (Å²) in [7, 11) is -3.14. The van der Waals surface area contributed by atoms with Gasteiger partial charge in [0, 0.05) is 5.88 Å². The molecule has 12 heavy (non-hydrogen) atoms. The normalized spacial score (nSPS) is 11.4. The fraction of sp³-hybridized carbons (Fsp3) is 0.250. The second-order valence-electron chi connectivity index (χ2n) is 2.32. The Morgan fingerprint density at radius 2 is 1.75 bits per heavy atom. The van der Waals surface area contributed by atoms with E-state index in [1.54, 1.807) is 30.3 Å². The molecule has 0 aromatic heterocycles. The van der Waals surface area contributed by atoms with Crippen molar-refractivity contribution in [3.05, 3.63) is 30.3 Å². The maximum Gasteiger partial charge on any atom is 0.179 e. The highest BCUT2D eigenvalue weighted by Crippen LogP contribution is 2.09. The number of benzene rings is 1. The fourth-order valence-electron chi connectivity index (χ4n) is 0.847. The van der Waals surface area contributed by atoms with E-state index in [-0.39, 0.29) is 11.6 Å². The van der Waals surface area contributed by atoms with Gasteiger partial charge in [0.15, 0.2) is 9.84 Å². The lowest BCUT2D eigenvalue weighted by Crippen LogP contribution is -2.07. The lowest BCUT2D eigenvalue weighted by molar-refractivity contribution is 0.597. The van der Waals surface area contributed by atoms with Crippen molar-refractivity contribution in [2.75, 3.05) is 11.6 Å². The molecule has 0 unspecified atom stereocenters. The van der Waals surface area contributed by atoms with E-state index in [2.05, 4.69) is 0 Å². The van der Waals surface area contributed by atoms with Gasteiger partial charge in [0.05, 0.1) is 10.6 Å². The van der Waals surface area contributed by atoms with Gasteiger partial charge in [0.25, 0.3) is 0 Å². The summed E-state index contributed by atoms with van der Waals surface area (Å²) in [4.78, 5) is 0.339. The summed E-state index contributed by atoms with van der Waals surface area (Å²) >= 11 is 5.36. The first-order chi connectivity index (χ1) is 5.67. The molecule has 0 saturated heterocycles. The zero-order valence-electron chi connectivity index (χ0n) is 6.40. The van der Waals surface area contributed by atoms with Crippen LogP contribution in [0.2, 0.25) is 0 Å². The van der Waals surface area contributed by atoms with Gasteiger partial charge in [-0.3, -0.25) is 0 Å². The van der Waals surface area contributed by atoms with Gasteiger partial charge in [-0.15, -0.1) is 11.6 Å². The summed E-state index contributed by atoms with van der Waals surface area (Å²) in [6, 6.07) is 8.31. The van der Waals surface area contributed by atoms with Gasteiger partial charge in [-0.05, 0) is 12.1 Å². The van der Waals surface area contributed by atoms with Gasteiger partial charge < -0.3 is 0 Å². The second-order valence-corrected chi connectivity index (χ2v) is 4.81. The molecule has 0 atom stereocenters. The highest BCUT2D eigenvalue weighted by atomic mass is 35.5. The topological polar surface area (TPSA) is 34.1 Å². The average molecular weight is 205 g/mol. The molecule has 0 amide bonds. The maximum atomic E-state index is 11.3. The molecule has 1 aromatic rings. The number of alkyl halides is 1. The Morgan fingerprint density at radius 1 is 1.17 bits per heavy atom. The smallest absolute Gasteiger partial charge is 0.179 e. The molecule has 0 aliphatic heterocycles. The highest BCUT2D eigenvalue weighted by Gasteiger charge is 2.11. The van der Waals surface area contributed by atoms with Crippen LogP contribution in [-0.4, -0.2) is 20.1 Å². The van der Waals surface area contributed by atoms with Crippen molar-refractivity contribution in [2.24, 2.45) is 0 Å². The molecule has 4 heteroatoms. The van der Waals surface area contributed by atoms with Crippen molar-refractivity contribution >= 4 is 21.4 Å². The van der Waals surface area contributed by atoms with Crippen LogP contribution in [-0.2, 0) is 9.84 Å². The molecule has 0 bridgehead atoms. The zero-order valence-corrected chi connectivity index (χ0v) is 7.98. The van der Waals surface area contributed by atoms with Gasteiger partial charge in [-0.1, -0.05) is 18.2 Å². The van der Waals surface area contributed by atoms with E-state index in [0.717, 1.165) is 0 Å². The predicted octanol–water partition coefficient (Wildman–Crippen LogP) is 1.70. The summed E-state index contributed by atoms with van der Waals surface area (Å²) in [5.41, 5.74) is 0. The molecule has 0 saturated carbocycles. The van der Waals surface area contributed by atoms with Crippen LogP contribution in [0.5, 0.6) is 0 Å². The molecule has 0 radical (unpaired) electrons. The van der Waals surface area contributed by atoms with E-state index in [1.165, 1.54) is 0 Å². The van der Waals surface area contributed by atoms with Gasteiger partial charge in [0.1, 0.15) is 0 Å². The molecule has 1 aromatic carbocycles. The lowest BCUT2D eigenvalue weighted by atomic mass is 10.4. The molecule has 0 fully saturated rings. The van der Waals surface area contributed by atoms with Crippen LogP contribution in [0.15, 0.2) is 35.2 Å². The first-order valence-electron chi connectivity index (χ1n) is 3.50. The SMILES string of the molecule is O=S(=O)(CCCl)c1ccccc1. The predicted molar refractivity (Wildman–Crippen MR) is 49.2 cm³/mol. The summed E-state index contributed by atoms with van der Waals surface area (Å²) < 4.78 is 22.7. The number of sulfone groups is 1. The lowest BCUT2D eigenvalue weighted by Gasteiger charge is -1.99. The van der Waals surface area contributed by atoms with Crippen molar-refractivity contribution in [1.29, 1.82) is 0 Å². The average Bonchev–Trinajstić information content (AvgIpc) is 2.06. The first kappa shape index (κ1) is 9.55. The summed E-state index contributed by atoms with van der Waals surface area (Å²) in [5.74, 6) is 0.135. The number of rotatable bonds is 3.